The maximum Gasteiger partial charge on any atom is 0.215 e. The Balaban J connectivity index is 1.82. The van der Waals surface area contributed by atoms with E-state index in [1.165, 1.54) is 17.7 Å². The molecule has 2 nitrogen and oxygen atoms in total. The summed E-state index contributed by atoms with van der Waals surface area (Å²) >= 11 is 0. The number of nitrogens with zero attached hydrogens (tertiary/aromatic N) is 2. The molecule has 0 saturated heterocycles. The van der Waals surface area contributed by atoms with Gasteiger partial charge in [0.15, 0.2) is 0 Å². The summed E-state index contributed by atoms with van der Waals surface area (Å²) in [6.45, 7) is 0.422. The maximum absolute atomic E-state index is 13.1. The Labute approximate surface area is 121 Å². The highest BCUT2D eigenvalue weighted by Crippen LogP contribution is 2.13. The summed E-state index contributed by atoms with van der Waals surface area (Å²) in [5.41, 5.74) is 2.86. The van der Waals surface area contributed by atoms with Crippen molar-refractivity contribution in [2.45, 2.75) is 13.0 Å². The first-order chi connectivity index (χ1) is 10.2. The van der Waals surface area contributed by atoms with E-state index in [0.717, 1.165) is 12.1 Å². The lowest BCUT2D eigenvalue weighted by atomic mass is 10.1. The Bertz CT molecular complexity index is 715. The van der Waals surface area contributed by atoms with Crippen LogP contribution in [0.5, 0.6) is 0 Å². The third-order valence-corrected chi connectivity index (χ3v) is 3.33. The zero-order valence-electron chi connectivity index (χ0n) is 11.3. The summed E-state index contributed by atoms with van der Waals surface area (Å²) in [5, 5.41) is 0. The molecule has 0 amide bonds. The van der Waals surface area contributed by atoms with E-state index in [4.69, 9.17) is 0 Å². The number of halogens is 2. The van der Waals surface area contributed by atoms with Crippen LogP contribution in [0.4, 0.5) is 8.78 Å². The number of aromatic nitrogens is 2. The summed E-state index contributed by atoms with van der Waals surface area (Å²) in [6, 6.07) is 16.6. The fourth-order valence-corrected chi connectivity index (χ4v) is 2.37. The largest absolute Gasteiger partial charge is 0.347 e. The normalized spacial score (nSPS) is 10.8. The van der Waals surface area contributed by atoms with Gasteiger partial charge in [-0.2, -0.15) is 13.8 Å². The van der Waals surface area contributed by atoms with Crippen LogP contribution < -0.4 is 0 Å². The molecule has 0 spiro atoms. The molecule has 2 aromatic heterocycles. The lowest BCUT2D eigenvalue weighted by molar-refractivity contribution is 0.508. The van der Waals surface area contributed by atoms with Crippen molar-refractivity contribution < 1.29 is 8.78 Å². The number of hydrogen-bond donors (Lipinski definition) is 0. The topological polar surface area (TPSA) is 17.8 Å². The van der Waals surface area contributed by atoms with Gasteiger partial charge in [-0.25, -0.2) is 0 Å². The Morgan fingerprint density at radius 3 is 2.29 bits per heavy atom. The molecular weight excluding hydrogens is 270 g/mol. The molecule has 21 heavy (non-hydrogen) atoms. The van der Waals surface area contributed by atoms with E-state index in [0.29, 0.717) is 12.1 Å². The van der Waals surface area contributed by atoms with Gasteiger partial charge in [-0.15, -0.1) is 0 Å². The molecule has 0 aliphatic rings. The molecule has 0 fully saturated rings. The molecule has 3 rings (SSSR count). The highest BCUT2D eigenvalue weighted by molar-refractivity contribution is 5.24. The minimum atomic E-state index is -0.790. The predicted octanol–water partition coefficient (Wildman–Crippen LogP) is 3.80. The molecule has 0 aliphatic carbocycles. The van der Waals surface area contributed by atoms with E-state index in [1.54, 1.807) is 0 Å². The van der Waals surface area contributed by atoms with E-state index in [1.807, 2.05) is 41.1 Å². The van der Waals surface area contributed by atoms with Crippen molar-refractivity contribution in [2.24, 2.45) is 0 Å². The van der Waals surface area contributed by atoms with Crippen molar-refractivity contribution in [2.75, 3.05) is 0 Å². The second-order valence-corrected chi connectivity index (χ2v) is 4.91. The van der Waals surface area contributed by atoms with Crippen LogP contribution in [0, 0.1) is 11.9 Å². The van der Waals surface area contributed by atoms with Crippen LogP contribution in [-0.4, -0.2) is 9.55 Å². The van der Waals surface area contributed by atoms with Gasteiger partial charge in [0.1, 0.15) is 0 Å². The average molecular weight is 284 g/mol. The average Bonchev–Trinajstić information content (AvgIpc) is 2.86. The lowest BCUT2D eigenvalue weighted by Crippen LogP contribution is -2.05. The molecule has 2 heterocycles. The van der Waals surface area contributed by atoms with Gasteiger partial charge in [-0.3, -0.25) is 0 Å². The van der Waals surface area contributed by atoms with Gasteiger partial charge in [-0.1, -0.05) is 30.3 Å². The Morgan fingerprint density at radius 2 is 1.57 bits per heavy atom. The van der Waals surface area contributed by atoms with Crippen LogP contribution >= 0.6 is 0 Å². The van der Waals surface area contributed by atoms with Gasteiger partial charge in [0.25, 0.3) is 0 Å². The summed E-state index contributed by atoms with van der Waals surface area (Å²) in [6.07, 6.45) is 2.69. The van der Waals surface area contributed by atoms with Gasteiger partial charge in [0, 0.05) is 24.9 Å². The molecule has 0 unspecified atom stereocenters. The molecule has 106 valence electrons. The molecular formula is C17H14F2N2. The third-order valence-electron chi connectivity index (χ3n) is 3.33. The highest BCUT2D eigenvalue weighted by atomic mass is 19.1. The zero-order chi connectivity index (χ0) is 14.7. The number of rotatable bonds is 4. The fourth-order valence-electron chi connectivity index (χ4n) is 2.37. The van der Waals surface area contributed by atoms with E-state index >= 15 is 0 Å². The SMILES string of the molecule is Fc1cc(Cn2cccc2Cc2ccccc2)cc(F)n1. The number of pyridine rings is 1. The molecule has 0 bridgehead atoms. The van der Waals surface area contributed by atoms with Crippen molar-refractivity contribution in [1.82, 2.24) is 9.55 Å². The van der Waals surface area contributed by atoms with Gasteiger partial charge in [-0.05, 0) is 35.4 Å². The van der Waals surface area contributed by atoms with E-state index < -0.39 is 11.9 Å². The molecule has 0 aliphatic heterocycles. The van der Waals surface area contributed by atoms with Crippen molar-refractivity contribution in [3.8, 4) is 0 Å². The van der Waals surface area contributed by atoms with Crippen LogP contribution in [-0.2, 0) is 13.0 Å². The molecule has 0 atom stereocenters. The molecule has 1 aromatic carbocycles. The van der Waals surface area contributed by atoms with Gasteiger partial charge in [0.05, 0.1) is 0 Å². The third kappa shape index (κ3) is 3.34. The minimum Gasteiger partial charge on any atom is -0.347 e. The lowest BCUT2D eigenvalue weighted by Gasteiger charge is -2.10. The van der Waals surface area contributed by atoms with E-state index in [2.05, 4.69) is 17.1 Å². The van der Waals surface area contributed by atoms with Gasteiger partial charge in [0.2, 0.25) is 11.9 Å². The Kier molecular flexibility index (Phi) is 3.77. The Hall–Kier alpha value is -2.49. The zero-order valence-corrected chi connectivity index (χ0v) is 11.3. The van der Waals surface area contributed by atoms with Crippen LogP contribution in [0.25, 0.3) is 0 Å². The fraction of sp³-hybridized carbons (Fsp3) is 0.118. The molecule has 4 heteroatoms. The number of hydrogen-bond acceptors (Lipinski definition) is 1. The van der Waals surface area contributed by atoms with Crippen LogP contribution in [0.3, 0.4) is 0 Å². The summed E-state index contributed by atoms with van der Waals surface area (Å²) in [4.78, 5) is 3.11. The van der Waals surface area contributed by atoms with Gasteiger partial charge >= 0.3 is 0 Å². The first-order valence-electron chi connectivity index (χ1n) is 6.70. The summed E-state index contributed by atoms with van der Waals surface area (Å²) in [5.74, 6) is -1.58. The summed E-state index contributed by atoms with van der Waals surface area (Å²) < 4.78 is 28.3. The van der Waals surface area contributed by atoms with Crippen LogP contribution in [0.1, 0.15) is 16.8 Å². The highest BCUT2D eigenvalue weighted by Gasteiger charge is 2.06. The quantitative estimate of drug-likeness (QED) is 0.666. The predicted molar refractivity (Wildman–Crippen MR) is 76.9 cm³/mol. The summed E-state index contributed by atoms with van der Waals surface area (Å²) in [7, 11) is 0. The van der Waals surface area contributed by atoms with Crippen molar-refractivity contribution in [3.05, 3.63) is 89.5 Å². The van der Waals surface area contributed by atoms with E-state index in [-0.39, 0.29) is 0 Å². The Morgan fingerprint density at radius 1 is 0.857 bits per heavy atom. The smallest absolute Gasteiger partial charge is 0.215 e. The van der Waals surface area contributed by atoms with Crippen molar-refractivity contribution >= 4 is 0 Å². The van der Waals surface area contributed by atoms with Gasteiger partial charge < -0.3 is 4.57 Å². The van der Waals surface area contributed by atoms with E-state index in [9.17, 15) is 8.78 Å². The monoisotopic (exact) mass is 284 g/mol. The van der Waals surface area contributed by atoms with Crippen LogP contribution in [0.2, 0.25) is 0 Å². The molecule has 0 radical (unpaired) electrons. The second kappa shape index (κ2) is 5.87. The van der Waals surface area contributed by atoms with Crippen molar-refractivity contribution in [1.29, 1.82) is 0 Å². The maximum atomic E-state index is 13.1. The standard InChI is InChI=1S/C17H14F2N2/c18-16-10-14(11-17(19)20-16)12-21-8-4-7-15(21)9-13-5-2-1-3-6-13/h1-8,10-11H,9,12H2. The first-order valence-corrected chi connectivity index (χ1v) is 6.70. The van der Waals surface area contributed by atoms with Crippen molar-refractivity contribution in [3.63, 3.8) is 0 Å². The molecule has 0 saturated carbocycles. The molecule has 3 aromatic rings. The molecule has 0 N–H and O–H groups in total. The van der Waals surface area contributed by atoms with Crippen LogP contribution in [0.15, 0.2) is 60.8 Å². The number of benzene rings is 1. The second-order valence-electron chi connectivity index (χ2n) is 4.91. The minimum absolute atomic E-state index is 0.422. The first kappa shape index (κ1) is 13.5.